The van der Waals surface area contributed by atoms with Gasteiger partial charge in [0.25, 0.3) is 0 Å². The van der Waals surface area contributed by atoms with E-state index in [0.717, 1.165) is 44.8 Å². The van der Waals surface area contributed by atoms with Gasteiger partial charge in [0.2, 0.25) is 0 Å². The fourth-order valence-electron chi connectivity index (χ4n) is 2.74. The lowest BCUT2D eigenvalue weighted by Gasteiger charge is -2.38. The van der Waals surface area contributed by atoms with Crippen LogP contribution in [-0.2, 0) is 4.79 Å². The number of carbonyl (C=O) groups is 2. The van der Waals surface area contributed by atoms with Crippen molar-refractivity contribution in [2.45, 2.75) is 31.0 Å². The first-order chi connectivity index (χ1) is 12.2. The van der Waals surface area contributed by atoms with Crippen molar-refractivity contribution in [3.8, 4) is 0 Å². The molecule has 0 aromatic carbocycles. The molecule has 1 aromatic heterocycles. The number of nitrogens with zero attached hydrogens (tertiary/aromatic N) is 3. The third kappa shape index (κ3) is 5.61. The second-order valence-corrected chi connectivity index (χ2v) is 6.38. The van der Waals surface area contributed by atoms with Crippen LogP contribution in [0.15, 0.2) is 12.4 Å². The van der Waals surface area contributed by atoms with Crippen LogP contribution in [0.3, 0.4) is 0 Å². The van der Waals surface area contributed by atoms with Crippen molar-refractivity contribution >= 4 is 12.0 Å². The number of hydrogen-bond acceptors (Lipinski definition) is 4. The number of aliphatic carboxylic acids is 1. The second kappa shape index (κ2) is 8.39. The van der Waals surface area contributed by atoms with E-state index in [4.69, 9.17) is 9.90 Å². The van der Waals surface area contributed by atoms with Crippen LogP contribution in [-0.4, -0.2) is 82.3 Å². The summed E-state index contributed by atoms with van der Waals surface area (Å²) >= 11 is 0. The normalized spacial score (nSPS) is 23.5. The number of carboxylic acids is 1. The number of alkyl halides is 3. The smallest absolute Gasteiger partial charge is 0.475 e. The molecule has 0 spiro atoms. The van der Waals surface area contributed by atoms with Crippen molar-refractivity contribution in [2.75, 3.05) is 33.2 Å². The third-order valence-corrected chi connectivity index (χ3v) is 4.40. The summed E-state index contributed by atoms with van der Waals surface area (Å²) in [6, 6.07) is 0.401. The van der Waals surface area contributed by atoms with E-state index in [9.17, 15) is 18.0 Å². The topological polar surface area (TPSA) is 102 Å². The van der Waals surface area contributed by atoms with Gasteiger partial charge in [-0.15, -0.1) is 0 Å². The minimum absolute atomic E-state index is 0.0935. The van der Waals surface area contributed by atoms with E-state index in [0.29, 0.717) is 12.0 Å². The van der Waals surface area contributed by atoms with Gasteiger partial charge >= 0.3 is 18.2 Å². The van der Waals surface area contributed by atoms with Crippen molar-refractivity contribution in [3.63, 3.8) is 0 Å². The molecule has 1 aliphatic carbocycles. The summed E-state index contributed by atoms with van der Waals surface area (Å²) < 4.78 is 31.7. The molecule has 146 valence electrons. The van der Waals surface area contributed by atoms with Crippen LogP contribution < -0.4 is 5.32 Å². The van der Waals surface area contributed by atoms with Gasteiger partial charge in [-0.25, -0.2) is 14.6 Å². The SMILES string of the molecule is CN1CCN(C(=O)NC2CC(c3ncc[nH]3)C2)CC1.O=C(O)C(F)(F)F. The number of aromatic nitrogens is 2. The number of rotatable bonds is 2. The Kier molecular flexibility index (Phi) is 6.46. The average Bonchev–Trinajstić information content (AvgIpc) is 3.04. The van der Waals surface area contributed by atoms with Gasteiger partial charge in [-0.05, 0) is 19.9 Å². The molecule has 2 amide bonds. The number of piperazine rings is 1. The average molecular weight is 377 g/mol. The number of aromatic amines is 1. The zero-order valence-corrected chi connectivity index (χ0v) is 14.3. The molecule has 1 aliphatic heterocycles. The van der Waals surface area contributed by atoms with E-state index in [1.165, 1.54) is 0 Å². The number of carbonyl (C=O) groups excluding carboxylic acids is 1. The first kappa shape index (κ1) is 20.0. The van der Waals surface area contributed by atoms with Gasteiger partial charge in [0.05, 0.1) is 0 Å². The van der Waals surface area contributed by atoms with Gasteiger partial charge in [0, 0.05) is 50.5 Å². The molecule has 0 radical (unpaired) electrons. The quantitative estimate of drug-likeness (QED) is 0.720. The number of urea groups is 1. The standard InChI is InChI=1S/C13H21N5O.C2HF3O2/c1-17-4-6-18(7-5-17)13(19)16-11-8-10(9-11)12-14-2-3-15-12;3-2(4,5)1(6)7/h2-3,10-11H,4-9H2,1H3,(H,14,15)(H,16,19);(H,6,7). The van der Waals surface area contributed by atoms with Crippen LogP contribution in [0.2, 0.25) is 0 Å². The molecule has 1 saturated heterocycles. The van der Waals surface area contributed by atoms with Crippen LogP contribution in [0.1, 0.15) is 24.6 Å². The molecule has 1 aromatic rings. The fraction of sp³-hybridized carbons (Fsp3) is 0.667. The van der Waals surface area contributed by atoms with Crippen LogP contribution in [0.25, 0.3) is 0 Å². The highest BCUT2D eigenvalue weighted by molar-refractivity contribution is 5.74. The first-order valence-electron chi connectivity index (χ1n) is 8.20. The molecule has 3 rings (SSSR count). The molecule has 3 N–H and O–H groups in total. The Morgan fingerprint density at radius 1 is 1.27 bits per heavy atom. The predicted molar refractivity (Wildman–Crippen MR) is 85.6 cm³/mol. The monoisotopic (exact) mass is 377 g/mol. The zero-order valence-electron chi connectivity index (χ0n) is 14.3. The van der Waals surface area contributed by atoms with Crippen LogP contribution in [0.4, 0.5) is 18.0 Å². The van der Waals surface area contributed by atoms with Gasteiger partial charge in [0.15, 0.2) is 0 Å². The molecule has 8 nitrogen and oxygen atoms in total. The number of H-pyrrole nitrogens is 1. The first-order valence-corrected chi connectivity index (χ1v) is 8.20. The Hall–Kier alpha value is -2.30. The van der Waals surface area contributed by atoms with E-state index in [-0.39, 0.29) is 6.03 Å². The maximum absolute atomic E-state index is 12.1. The number of halogens is 3. The molecule has 1 saturated carbocycles. The summed E-state index contributed by atoms with van der Waals surface area (Å²) in [5.74, 6) is -1.23. The highest BCUT2D eigenvalue weighted by Gasteiger charge is 2.38. The predicted octanol–water partition coefficient (Wildman–Crippen LogP) is 1.25. The Bertz CT molecular complexity index is 594. The summed E-state index contributed by atoms with van der Waals surface area (Å²) in [4.78, 5) is 32.5. The van der Waals surface area contributed by atoms with E-state index in [1.807, 2.05) is 11.1 Å². The molecule has 0 atom stereocenters. The fourth-order valence-corrected chi connectivity index (χ4v) is 2.74. The van der Waals surface area contributed by atoms with Crippen molar-refractivity contribution in [1.82, 2.24) is 25.1 Å². The summed E-state index contributed by atoms with van der Waals surface area (Å²) in [7, 11) is 2.09. The van der Waals surface area contributed by atoms with Crippen LogP contribution in [0.5, 0.6) is 0 Å². The highest BCUT2D eigenvalue weighted by Crippen LogP contribution is 2.34. The van der Waals surface area contributed by atoms with Gasteiger partial charge in [-0.2, -0.15) is 13.2 Å². The van der Waals surface area contributed by atoms with Crippen molar-refractivity contribution < 1.29 is 27.9 Å². The van der Waals surface area contributed by atoms with Crippen molar-refractivity contribution in [1.29, 1.82) is 0 Å². The Morgan fingerprint density at radius 2 is 1.85 bits per heavy atom. The number of likely N-dealkylation sites (N-methyl/N-ethyl adjacent to an activating group) is 1. The van der Waals surface area contributed by atoms with Gasteiger partial charge in [0.1, 0.15) is 5.82 Å². The Balaban J connectivity index is 0.000000298. The molecule has 26 heavy (non-hydrogen) atoms. The molecule has 11 heteroatoms. The highest BCUT2D eigenvalue weighted by atomic mass is 19.4. The van der Waals surface area contributed by atoms with E-state index >= 15 is 0 Å². The van der Waals surface area contributed by atoms with Crippen LogP contribution >= 0.6 is 0 Å². The lowest BCUT2D eigenvalue weighted by molar-refractivity contribution is -0.192. The third-order valence-electron chi connectivity index (χ3n) is 4.40. The number of hydrogen-bond donors (Lipinski definition) is 3. The van der Waals surface area contributed by atoms with Gasteiger partial charge < -0.3 is 25.2 Å². The van der Waals surface area contributed by atoms with Gasteiger partial charge in [-0.1, -0.05) is 0 Å². The van der Waals surface area contributed by atoms with Crippen LogP contribution in [0, 0.1) is 0 Å². The lowest BCUT2D eigenvalue weighted by Crippen LogP contribution is -2.54. The maximum atomic E-state index is 12.1. The molecule has 0 bridgehead atoms. The van der Waals surface area contributed by atoms with E-state index in [2.05, 4.69) is 27.2 Å². The Morgan fingerprint density at radius 3 is 2.31 bits per heavy atom. The summed E-state index contributed by atoms with van der Waals surface area (Å²) in [5, 5.41) is 10.2. The summed E-state index contributed by atoms with van der Waals surface area (Å²) in [6.45, 7) is 3.59. The van der Waals surface area contributed by atoms with Gasteiger partial charge in [-0.3, -0.25) is 0 Å². The minimum atomic E-state index is -5.08. The number of nitrogens with one attached hydrogen (secondary N) is 2. The Labute approximate surface area is 148 Å². The molecular formula is C15H22F3N5O3. The lowest BCUT2D eigenvalue weighted by atomic mass is 9.80. The maximum Gasteiger partial charge on any atom is 0.490 e. The largest absolute Gasteiger partial charge is 0.490 e. The minimum Gasteiger partial charge on any atom is -0.475 e. The second-order valence-electron chi connectivity index (χ2n) is 6.38. The molecule has 2 fully saturated rings. The number of amides is 2. The van der Waals surface area contributed by atoms with E-state index < -0.39 is 12.1 Å². The van der Waals surface area contributed by atoms with Crippen molar-refractivity contribution in [2.24, 2.45) is 0 Å². The zero-order chi connectivity index (χ0) is 19.3. The van der Waals surface area contributed by atoms with E-state index in [1.54, 1.807) is 6.20 Å². The molecule has 2 aliphatic rings. The number of carboxylic acid groups (broad SMARTS) is 1. The molecular weight excluding hydrogens is 355 g/mol. The summed E-state index contributed by atoms with van der Waals surface area (Å²) in [5.41, 5.74) is 0. The molecule has 2 heterocycles. The molecule has 0 unspecified atom stereocenters. The summed E-state index contributed by atoms with van der Waals surface area (Å²) in [6.07, 6.45) is 0.539. The van der Waals surface area contributed by atoms with Crippen molar-refractivity contribution in [3.05, 3.63) is 18.2 Å². The number of imidazole rings is 1.